The van der Waals surface area contributed by atoms with Crippen molar-refractivity contribution in [1.82, 2.24) is 10.2 Å². The van der Waals surface area contributed by atoms with Gasteiger partial charge in [0.1, 0.15) is 6.10 Å². The van der Waals surface area contributed by atoms with E-state index in [-0.39, 0.29) is 23.7 Å². The van der Waals surface area contributed by atoms with Crippen LogP contribution in [0.1, 0.15) is 117 Å². The van der Waals surface area contributed by atoms with Gasteiger partial charge in [0, 0.05) is 20.0 Å². The summed E-state index contributed by atoms with van der Waals surface area (Å²) in [5.41, 5.74) is 0. The Morgan fingerprint density at radius 1 is 0.914 bits per heavy atom. The number of amides is 2. The lowest BCUT2D eigenvalue weighted by molar-refractivity contribution is -0.133. The molecule has 0 aromatic heterocycles. The number of rotatable bonds is 14. The number of aliphatic hydroxyl groups excluding tert-OH is 2. The van der Waals surface area contributed by atoms with Crippen molar-refractivity contribution in [3.8, 4) is 0 Å². The molecule has 2 aliphatic rings. The van der Waals surface area contributed by atoms with Crippen LogP contribution < -0.4 is 5.32 Å². The maximum Gasteiger partial charge on any atom is 0.224 e. The lowest BCUT2D eigenvalue weighted by Gasteiger charge is -2.33. The van der Waals surface area contributed by atoms with E-state index in [2.05, 4.69) is 5.32 Å². The summed E-state index contributed by atoms with van der Waals surface area (Å²) in [5.74, 6) is 1.10. The standard InChI is InChI=1S/C29H54N2O4/c1-21(2)18-26(32)28(34)25(19-24-14-9-6-10-15-24)30-29(35)22(3)20-31(4)27(33)17-11-16-23-12-7-5-8-13-23/h21-26,28,32,34H,5-20H2,1-4H3,(H,30,35)/t22-,25-,26-,28+/m0/s1. The summed E-state index contributed by atoms with van der Waals surface area (Å²) < 4.78 is 0. The highest BCUT2D eigenvalue weighted by molar-refractivity contribution is 5.80. The van der Waals surface area contributed by atoms with Crippen molar-refractivity contribution in [3.63, 3.8) is 0 Å². The molecule has 2 rings (SSSR count). The van der Waals surface area contributed by atoms with Crippen LogP contribution in [0.4, 0.5) is 0 Å². The van der Waals surface area contributed by atoms with Gasteiger partial charge >= 0.3 is 0 Å². The van der Waals surface area contributed by atoms with Crippen molar-refractivity contribution in [2.75, 3.05) is 13.6 Å². The average Bonchev–Trinajstić information content (AvgIpc) is 2.83. The summed E-state index contributed by atoms with van der Waals surface area (Å²) in [7, 11) is 1.79. The van der Waals surface area contributed by atoms with Crippen LogP contribution in [-0.4, -0.2) is 58.8 Å². The molecule has 204 valence electrons. The molecule has 4 atom stereocenters. The molecule has 0 bridgehead atoms. The molecule has 0 aromatic rings. The Kier molecular flexibility index (Phi) is 13.6. The highest BCUT2D eigenvalue weighted by Gasteiger charge is 2.32. The van der Waals surface area contributed by atoms with Gasteiger partial charge in [0.25, 0.3) is 0 Å². The molecule has 0 spiro atoms. The van der Waals surface area contributed by atoms with Gasteiger partial charge in [-0.15, -0.1) is 0 Å². The van der Waals surface area contributed by atoms with Crippen molar-refractivity contribution < 1.29 is 19.8 Å². The highest BCUT2D eigenvalue weighted by atomic mass is 16.3. The Balaban J connectivity index is 1.84. The van der Waals surface area contributed by atoms with Gasteiger partial charge in [0.15, 0.2) is 0 Å². The summed E-state index contributed by atoms with van der Waals surface area (Å²) >= 11 is 0. The topological polar surface area (TPSA) is 89.9 Å². The number of aliphatic hydroxyl groups is 2. The third-order valence-corrected chi connectivity index (χ3v) is 8.31. The van der Waals surface area contributed by atoms with Gasteiger partial charge in [-0.05, 0) is 43.4 Å². The van der Waals surface area contributed by atoms with Gasteiger partial charge in [-0.25, -0.2) is 0 Å². The molecular weight excluding hydrogens is 440 g/mol. The molecule has 0 unspecified atom stereocenters. The highest BCUT2D eigenvalue weighted by Crippen LogP contribution is 2.29. The number of hydrogen-bond donors (Lipinski definition) is 3. The molecule has 0 radical (unpaired) electrons. The molecule has 2 saturated carbocycles. The zero-order chi connectivity index (χ0) is 25.8. The molecule has 0 aliphatic heterocycles. The molecule has 2 aliphatic carbocycles. The van der Waals surface area contributed by atoms with Crippen molar-refractivity contribution in [2.45, 2.75) is 135 Å². The van der Waals surface area contributed by atoms with Crippen LogP contribution >= 0.6 is 0 Å². The summed E-state index contributed by atoms with van der Waals surface area (Å²) in [6.07, 6.45) is 14.5. The average molecular weight is 495 g/mol. The van der Waals surface area contributed by atoms with E-state index in [9.17, 15) is 19.8 Å². The summed E-state index contributed by atoms with van der Waals surface area (Å²) in [6.45, 7) is 6.26. The fourth-order valence-electron chi connectivity index (χ4n) is 6.09. The maximum atomic E-state index is 13.1. The van der Waals surface area contributed by atoms with E-state index in [4.69, 9.17) is 0 Å². The predicted octanol–water partition coefficient (Wildman–Crippen LogP) is 5.05. The Hall–Kier alpha value is -1.14. The van der Waals surface area contributed by atoms with E-state index in [0.29, 0.717) is 31.7 Å². The molecule has 0 heterocycles. The predicted molar refractivity (Wildman–Crippen MR) is 142 cm³/mol. The first-order valence-corrected chi connectivity index (χ1v) is 14.6. The minimum atomic E-state index is -0.977. The number of hydrogen-bond acceptors (Lipinski definition) is 4. The van der Waals surface area contributed by atoms with E-state index in [1.54, 1.807) is 11.9 Å². The van der Waals surface area contributed by atoms with Crippen LogP contribution in [-0.2, 0) is 9.59 Å². The summed E-state index contributed by atoms with van der Waals surface area (Å²) in [4.78, 5) is 27.4. The first-order chi connectivity index (χ1) is 16.7. The molecule has 0 aromatic carbocycles. The second-order valence-electron chi connectivity index (χ2n) is 12.1. The van der Waals surface area contributed by atoms with Crippen LogP contribution in [0.15, 0.2) is 0 Å². The SMILES string of the molecule is CC(C)C[C@H](O)[C@H](O)[C@H](CC1CCCCC1)NC(=O)[C@@H](C)CN(C)C(=O)CCCC1CCCCC1. The number of nitrogens with one attached hydrogen (secondary N) is 1. The van der Waals surface area contributed by atoms with Crippen LogP contribution in [0.25, 0.3) is 0 Å². The Morgan fingerprint density at radius 2 is 1.49 bits per heavy atom. The van der Waals surface area contributed by atoms with Gasteiger partial charge in [-0.2, -0.15) is 0 Å². The molecule has 0 saturated heterocycles. The molecule has 35 heavy (non-hydrogen) atoms. The third kappa shape index (κ3) is 11.2. The van der Waals surface area contributed by atoms with Crippen LogP contribution in [0.2, 0.25) is 0 Å². The molecular formula is C29H54N2O4. The van der Waals surface area contributed by atoms with Crippen LogP contribution in [0, 0.1) is 23.7 Å². The Bertz CT molecular complexity index is 614. The van der Waals surface area contributed by atoms with E-state index in [1.165, 1.54) is 51.4 Å². The summed E-state index contributed by atoms with van der Waals surface area (Å²) in [5, 5.41) is 24.6. The smallest absolute Gasteiger partial charge is 0.224 e. The van der Waals surface area contributed by atoms with E-state index in [0.717, 1.165) is 31.6 Å². The normalized spacial score (nSPS) is 21.3. The first-order valence-electron chi connectivity index (χ1n) is 14.6. The van der Waals surface area contributed by atoms with E-state index >= 15 is 0 Å². The van der Waals surface area contributed by atoms with Gasteiger partial charge in [-0.1, -0.05) is 85.0 Å². The van der Waals surface area contributed by atoms with E-state index in [1.807, 2.05) is 20.8 Å². The van der Waals surface area contributed by atoms with Gasteiger partial charge < -0.3 is 20.4 Å². The summed E-state index contributed by atoms with van der Waals surface area (Å²) in [6, 6.07) is -0.460. The van der Waals surface area contributed by atoms with Gasteiger partial charge in [-0.3, -0.25) is 9.59 Å². The van der Waals surface area contributed by atoms with Crippen molar-refractivity contribution in [1.29, 1.82) is 0 Å². The monoisotopic (exact) mass is 494 g/mol. The molecule has 2 amide bonds. The van der Waals surface area contributed by atoms with Crippen molar-refractivity contribution in [2.24, 2.45) is 23.7 Å². The minimum Gasteiger partial charge on any atom is -0.390 e. The maximum absolute atomic E-state index is 13.1. The lowest BCUT2D eigenvalue weighted by atomic mass is 9.82. The largest absolute Gasteiger partial charge is 0.390 e. The Morgan fingerprint density at radius 3 is 2.06 bits per heavy atom. The third-order valence-electron chi connectivity index (χ3n) is 8.31. The zero-order valence-corrected chi connectivity index (χ0v) is 23.0. The van der Waals surface area contributed by atoms with E-state index < -0.39 is 18.2 Å². The van der Waals surface area contributed by atoms with Crippen LogP contribution in [0.3, 0.4) is 0 Å². The molecule has 2 fully saturated rings. The molecule has 6 heteroatoms. The quantitative estimate of drug-likeness (QED) is 0.315. The fourth-order valence-corrected chi connectivity index (χ4v) is 6.09. The first kappa shape index (κ1) is 30.1. The van der Waals surface area contributed by atoms with Gasteiger partial charge in [0.05, 0.1) is 18.1 Å². The number of carbonyl (C=O) groups is 2. The van der Waals surface area contributed by atoms with Gasteiger partial charge in [0.2, 0.25) is 11.8 Å². The fraction of sp³-hybridized carbons (Fsp3) is 0.931. The van der Waals surface area contributed by atoms with Crippen molar-refractivity contribution >= 4 is 11.8 Å². The number of carbonyl (C=O) groups excluding carboxylic acids is 2. The lowest BCUT2D eigenvalue weighted by Crippen LogP contribution is -2.52. The molecule has 3 N–H and O–H groups in total. The zero-order valence-electron chi connectivity index (χ0n) is 23.0. The second kappa shape index (κ2) is 15.9. The second-order valence-corrected chi connectivity index (χ2v) is 12.1. The minimum absolute atomic E-state index is 0.103. The Labute approximate surface area is 214 Å². The number of nitrogens with zero attached hydrogens (tertiary/aromatic N) is 1. The molecule has 6 nitrogen and oxygen atoms in total. The van der Waals surface area contributed by atoms with Crippen LogP contribution in [0.5, 0.6) is 0 Å². The van der Waals surface area contributed by atoms with Crippen molar-refractivity contribution in [3.05, 3.63) is 0 Å².